The molecule has 0 atom stereocenters. The summed E-state index contributed by atoms with van der Waals surface area (Å²) < 4.78 is 33.1. The topological polar surface area (TPSA) is 58.6 Å². The number of rotatable bonds is 4. The van der Waals surface area contributed by atoms with E-state index in [1.165, 1.54) is 0 Å². The van der Waals surface area contributed by atoms with Crippen LogP contribution in [0.5, 0.6) is 0 Å². The largest absolute Gasteiger partial charge is 0.378 e. The van der Waals surface area contributed by atoms with Gasteiger partial charge in [0.1, 0.15) is 0 Å². The van der Waals surface area contributed by atoms with Crippen molar-refractivity contribution in [2.45, 2.75) is 4.90 Å². The first kappa shape index (κ1) is 16.1. The van der Waals surface area contributed by atoms with Crippen LogP contribution in [-0.4, -0.2) is 34.7 Å². The van der Waals surface area contributed by atoms with E-state index >= 15 is 0 Å². The Morgan fingerprint density at radius 3 is 2.43 bits per heavy atom. The zero-order chi connectivity index (χ0) is 16.3. The van der Waals surface area contributed by atoms with E-state index in [-0.39, 0.29) is 4.90 Å². The average Bonchev–Trinajstić information content (AvgIpc) is 2.56. The van der Waals surface area contributed by atoms with Crippen molar-refractivity contribution >= 4 is 33.0 Å². The first-order valence-electron chi connectivity index (χ1n) is 7.26. The Morgan fingerprint density at radius 2 is 1.74 bits per heavy atom. The van der Waals surface area contributed by atoms with Gasteiger partial charge < -0.3 is 9.64 Å². The van der Waals surface area contributed by atoms with Crippen LogP contribution < -0.4 is 9.62 Å². The van der Waals surface area contributed by atoms with Crippen LogP contribution in [0.3, 0.4) is 0 Å². The van der Waals surface area contributed by atoms with Crippen LogP contribution in [0.15, 0.2) is 53.4 Å². The quantitative estimate of drug-likeness (QED) is 0.919. The normalized spacial score (nSPS) is 15.4. The first-order chi connectivity index (χ1) is 11.1. The molecule has 1 saturated heterocycles. The minimum absolute atomic E-state index is 0.216. The number of nitrogens with zero attached hydrogens (tertiary/aromatic N) is 1. The molecule has 23 heavy (non-hydrogen) atoms. The molecular formula is C16H17ClN2O3S. The lowest BCUT2D eigenvalue weighted by molar-refractivity contribution is 0.123. The highest BCUT2D eigenvalue weighted by Crippen LogP contribution is 2.31. The maximum Gasteiger partial charge on any atom is 0.261 e. The Morgan fingerprint density at radius 1 is 1.04 bits per heavy atom. The Balaban J connectivity index is 1.94. The predicted molar refractivity (Wildman–Crippen MR) is 91.7 cm³/mol. The van der Waals surface area contributed by atoms with Crippen molar-refractivity contribution in [3.05, 3.63) is 53.6 Å². The van der Waals surface area contributed by atoms with E-state index < -0.39 is 10.0 Å². The monoisotopic (exact) mass is 352 g/mol. The Bertz CT molecular complexity index is 775. The summed E-state index contributed by atoms with van der Waals surface area (Å²) in [5, 5.41) is 0.479. The molecule has 0 aliphatic carbocycles. The van der Waals surface area contributed by atoms with Gasteiger partial charge in [0, 0.05) is 18.1 Å². The summed E-state index contributed by atoms with van der Waals surface area (Å²) in [4.78, 5) is 2.30. The van der Waals surface area contributed by atoms with E-state index in [1.807, 2.05) is 6.07 Å². The molecule has 1 aliphatic heterocycles. The third-order valence-electron chi connectivity index (χ3n) is 3.61. The minimum atomic E-state index is -3.66. The van der Waals surface area contributed by atoms with Gasteiger partial charge in [-0.2, -0.15) is 0 Å². The maximum atomic E-state index is 12.6. The number of hydrogen-bond acceptors (Lipinski definition) is 4. The van der Waals surface area contributed by atoms with Crippen LogP contribution in [0.4, 0.5) is 11.4 Å². The Hall–Kier alpha value is -1.76. The number of halogens is 1. The average molecular weight is 353 g/mol. The van der Waals surface area contributed by atoms with Gasteiger partial charge in [-0.1, -0.05) is 29.8 Å². The molecule has 0 aromatic heterocycles. The van der Waals surface area contributed by atoms with E-state index in [1.54, 1.807) is 42.5 Å². The van der Waals surface area contributed by atoms with Crippen molar-refractivity contribution in [1.82, 2.24) is 0 Å². The molecule has 1 heterocycles. The second-order valence-corrected chi connectivity index (χ2v) is 7.30. The van der Waals surface area contributed by atoms with Gasteiger partial charge >= 0.3 is 0 Å². The SMILES string of the molecule is O=S(=O)(Nc1cc(Cl)ccc1N1CCOCC1)c1ccccc1. The summed E-state index contributed by atoms with van der Waals surface area (Å²) in [5.41, 5.74) is 1.28. The standard InChI is InChI=1S/C16H17ClN2O3S/c17-13-6-7-16(19-8-10-22-11-9-19)15(12-13)18-23(20,21)14-4-2-1-3-5-14/h1-7,12,18H,8-11H2. The van der Waals surface area contributed by atoms with Gasteiger partial charge in [0.25, 0.3) is 10.0 Å². The van der Waals surface area contributed by atoms with Crippen LogP contribution >= 0.6 is 11.6 Å². The highest BCUT2D eigenvalue weighted by Gasteiger charge is 2.20. The molecule has 1 N–H and O–H groups in total. The van der Waals surface area contributed by atoms with Crippen LogP contribution in [0.1, 0.15) is 0 Å². The maximum absolute atomic E-state index is 12.6. The molecule has 2 aromatic rings. The second-order valence-electron chi connectivity index (χ2n) is 5.18. The zero-order valence-electron chi connectivity index (χ0n) is 12.4. The number of nitrogens with one attached hydrogen (secondary N) is 1. The number of ether oxygens (including phenoxy) is 1. The molecule has 2 aromatic carbocycles. The van der Waals surface area contributed by atoms with Crippen molar-refractivity contribution in [3.8, 4) is 0 Å². The fourth-order valence-electron chi connectivity index (χ4n) is 2.47. The third kappa shape index (κ3) is 3.77. The molecule has 1 aliphatic rings. The molecule has 5 nitrogen and oxygen atoms in total. The van der Waals surface area contributed by atoms with Crippen LogP contribution in [0, 0.1) is 0 Å². The lowest BCUT2D eigenvalue weighted by atomic mass is 10.2. The van der Waals surface area contributed by atoms with Gasteiger partial charge in [-0.25, -0.2) is 8.42 Å². The summed E-state index contributed by atoms with van der Waals surface area (Å²) in [6.07, 6.45) is 0. The fourth-order valence-corrected chi connectivity index (χ4v) is 3.73. The molecule has 0 amide bonds. The summed E-state index contributed by atoms with van der Waals surface area (Å²) in [7, 11) is -3.66. The molecule has 7 heteroatoms. The number of sulfonamides is 1. The van der Waals surface area contributed by atoms with Crippen molar-refractivity contribution in [1.29, 1.82) is 0 Å². The molecule has 3 rings (SSSR count). The number of hydrogen-bond donors (Lipinski definition) is 1. The van der Waals surface area contributed by atoms with Gasteiger partial charge in [0.05, 0.1) is 29.5 Å². The molecule has 0 spiro atoms. The molecule has 122 valence electrons. The first-order valence-corrected chi connectivity index (χ1v) is 9.12. The molecule has 1 fully saturated rings. The highest BCUT2D eigenvalue weighted by molar-refractivity contribution is 7.92. The molecule has 0 radical (unpaired) electrons. The fraction of sp³-hybridized carbons (Fsp3) is 0.250. The van der Waals surface area contributed by atoms with Gasteiger partial charge in [-0.3, -0.25) is 4.72 Å². The van der Waals surface area contributed by atoms with Crippen molar-refractivity contribution in [2.75, 3.05) is 35.9 Å². The van der Waals surface area contributed by atoms with Crippen LogP contribution in [0.2, 0.25) is 5.02 Å². The third-order valence-corrected chi connectivity index (χ3v) is 5.22. The summed E-state index contributed by atoms with van der Waals surface area (Å²) >= 11 is 6.05. The second kappa shape index (κ2) is 6.78. The predicted octanol–water partition coefficient (Wildman–Crippen LogP) is 2.98. The lowest BCUT2D eigenvalue weighted by Gasteiger charge is -2.30. The van der Waals surface area contributed by atoms with Crippen molar-refractivity contribution < 1.29 is 13.2 Å². The van der Waals surface area contributed by atoms with Gasteiger partial charge in [0.15, 0.2) is 0 Å². The van der Waals surface area contributed by atoms with E-state index in [9.17, 15) is 8.42 Å². The van der Waals surface area contributed by atoms with E-state index in [4.69, 9.17) is 16.3 Å². The van der Waals surface area contributed by atoms with Crippen LogP contribution in [-0.2, 0) is 14.8 Å². The molecular weight excluding hydrogens is 336 g/mol. The number of benzene rings is 2. The summed E-state index contributed by atoms with van der Waals surface area (Å²) in [6, 6.07) is 13.5. The molecule has 0 saturated carbocycles. The number of morpholine rings is 1. The lowest BCUT2D eigenvalue weighted by Crippen LogP contribution is -2.36. The summed E-state index contributed by atoms with van der Waals surface area (Å²) in [5.74, 6) is 0. The number of anilines is 2. The van der Waals surface area contributed by atoms with E-state index in [0.717, 1.165) is 5.69 Å². The van der Waals surface area contributed by atoms with E-state index in [2.05, 4.69) is 9.62 Å². The Kier molecular flexibility index (Phi) is 4.75. The van der Waals surface area contributed by atoms with Gasteiger partial charge in [-0.05, 0) is 30.3 Å². The zero-order valence-corrected chi connectivity index (χ0v) is 14.0. The van der Waals surface area contributed by atoms with Crippen molar-refractivity contribution in [2.24, 2.45) is 0 Å². The summed E-state index contributed by atoms with van der Waals surface area (Å²) in [6.45, 7) is 2.66. The van der Waals surface area contributed by atoms with Gasteiger partial charge in [0.2, 0.25) is 0 Å². The highest BCUT2D eigenvalue weighted by atomic mass is 35.5. The molecule has 0 unspecified atom stereocenters. The van der Waals surface area contributed by atoms with Crippen LogP contribution in [0.25, 0.3) is 0 Å². The Labute approximate surface area is 140 Å². The smallest absolute Gasteiger partial charge is 0.261 e. The van der Waals surface area contributed by atoms with Gasteiger partial charge in [-0.15, -0.1) is 0 Å². The van der Waals surface area contributed by atoms with Crippen molar-refractivity contribution in [3.63, 3.8) is 0 Å². The van der Waals surface area contributed by atoms with E-state index in [0.29, 0.717) is 37.0 Å². The molecule has 0 bridgehead atoms. The minimum Gasteiger partial charge on any atom is -0.378 e.